The minimum Gasteiger partial charge on any atom is -0.378 e. The highest BCUT2D eigenvalue weighted by Gasteiger charge is 2.45. The molecular weight excluding hydrogens is 334 g/mol. The molecule has 0 saturated carbocycles. The third kappa shape index (κ3) is 4.04. The summed E-state index contributed by atoms with van der Waals surface area (Å²) < 4.78 is 5.34. The van der Waals surface area contributed by atoms with Crippen LogP contribution in [-0.2, 0) is 19.1 Å². The summed E-state index contributed by atoms with van der Waals surface area (Å²) in [5, 5.41) is 5.32. The zero-order chi connectivity index (χ0) is 18.7. The van der Waals surface area contributed by atoms with E-state index in [9.17, 15) is 14.4 Å². The quantitative estimate of drug-likeness (QED) is 0.771. The van der Waals surface area contributed by atoms with Crippen molar-refractivity contribution in [2.75, 3.05) is 36.5 Å². The molecule has 2 unspecified atom stereocenters. The minimum atomic E-state index is -1.27. The highest BCUT2D eigenvalue weighted by atomic mass is 16.5. The van der Waals surface area contributed by atoms with Gasteiger partial charge in [0.25, 0.3) is 0 Å². The first-order valence-corrected chi connectivity index (χ1v) is 9.03. The maximum atomic E-state index is 12.4. The summed E-state index contributed by atoms with van der Waals surface area (Å²) in [6.07, 6.45) is 0.544. The van der Waals surface area contributed by atoms with Crippen LogP contribution in [0.2, 0.25) is 0 Å². The van der Waals surface area contributed by atoms with Crippen molar-refractivity contribution in [3.05, 3.63) is 24.3 Å². The van der Waals surface area contributed by atoms with Crippen molar-refractivity contribution < 1.29 is 19.1 Å². The number of morpholine rings is 1. The highest BCUT2D eigenvalue weighted by Crippen LogP contribution is 2.22. The molecule has 2 fully saturated rings. The first-order chi connectivity index (χ1) is 12.5. The van der Waals surface area contributed by atoms with Gasteiger partial charge in [0.2, 0.25) is 11.8 Å². The smallest absolute Gasteiger partial charge is 0.244 e. The number of hydrogen-bond acceptors (Lipinski definition) is 5. The normalized spacial score (nSPS) is 23.3. The number of ketones is 1. The molecule has 0 radical (unpaired) electrons. The Kier molecular flexibility index (Phi) is 5.56. The molecule has 2 saturated heterocycles. The lowest BCUT2D eigenvalue weighted by Gasteiger charge is -2.28. The van der Waals surface area contributed by atoms with Gasteiger partial charge < -0.3 is 20.3 Å². The van der Waals surface area contributed by atoms with Crippen molar-refractivity contribution >= 4 is 29.0 Å². The minimum absolute atomic E-state index is 0.263. The summed E-state index contributed by atoms with van der Waals surface area (Å²) in [5.41, 5.74) is 1.62. The fraction of sp³-hybridized carbons (Fsp3) is 0.526. The fourth-order valence-electron chi connectivity index (χ4n) is 3.34. The van der Waals surface area contributed by atoms with Crippen molar-refractivity contribution in [3.63, 3.8) is 0 Å². The molecule has 1 aromatic carbocycles. The van der Waals surface area contributed by atoms with E-state index in [1.54, 1.807) is 12.1 Å². The van der Waals surface area contributed by atoms with Crippen molar-refractivity contribution in [2.45, 2.75) is 26.3 Å². The van der Waals surface area contributed by atoms with Crippen LogP contribution in [0.4, 0.5) is 11.4 Å². The van der Waals surface area contributed by atoms with E-state index in [-0.39, 0.29) is 11.7 Å². The standard InChI is InChI=1S/C19H25N3O4/c1-12(2)11-15-17(23)16(19(25)21-15)18(24)20-13-3-5-14(6-4-13)22-7-9-26-10-8-22/h3-6,12,15-16H,7-11H2,1-2H3,(H,20,24)(H,21,25). The van der Waals surface area contributed by atoms with Gasteiger partial charge >= 0.3 is 0 Å². The van der Waals surface area contributed by atoms with E-state index in [2.05, 4.69) is 15.5 Å². The van der Waals surface area contributed by atoms with E-state index in [4.69, 9.17) is 4.74 Å². The van der Waals surface area contributed by atoms with Gasteiger partial charge in [-0.2, -0.15) is 0 Å². The number of ether oxygens (including phenoxy) is 1. The average Bonchev–Trinajstić information content (AvgIpc) is 2.89. The number of carbonyl (C=O) groups is 3. The number of Topliss-reactive ketones (excluding diaryl/α,β-unsaturated/α-hetero) is 1. The van der Waals surface area contributed by atoms with Crippen LogP contribution in [0.1, 0.15) is 20.3 Å². The summed E-state index contributed by atoms with van der Waals surface area (Å²) in [7, 11) is 0. The Labute approximate surface area is 153 Å². The van der Waals surface area contributed by atoms with Crippen LogP contribution in [0.3, 0.4) is 0 Å². The number of amides is 2. The third-order valence-electron chi connectivity index (χ3n) is 4.69. The zero-order valence-electron chi connectivity index (χ0n) is 15.2. The predicted molar refractivity (Wildman–Crippen MR) is 98.0 cm³/mol. The summed E-state index contributed by atoms with van der Waals surface area (Å²) in [4.78, 5) is 39.1. The molecular formula is C19H25N3O4. The summed E-state index contributed by atoms with van der Waals surface area (Å²) in [5.74, 6) is -2.43. The van der Waals surface area contributed by atoms with Gasteiger partial charge in [-0.15, -0.1) is 0 Å². The van der Waals surface area contributed by atoms with Crippen LogP contribution < -0.4 is 15.5 Å². The Morgan fingerprint density at radius 1 is 1.23 bits per heavy atom. The first-order valence-electron chi connectivity index (χ1n) is 9.03. The molecule has 2 aliphatic heterocycles. The number of carbonyl (C=O) groups excluding carboxylic acids is 3. The lowest BCUT2D eigenvalue weighted by molar-refractivity contribution is -0.135. The predicted octanol–water partition coefficient (Wildman–Crippen LogP) is 1.19. The van der Waals surface area contributed by atoms with Gasteiger partial charge in [0.1, 0.15) is 0 Å². The Morgan fingerprint density at radius 2 is 1.88 bits per heavy atom. The summed E-state index contributed by atoms with van der Waals surface area (Å²) >= 11 is 0. The molecule has 2 amide bonds. The van der Waals surface area contributed by atoms with E-state index in [1.807, 2.05) is 26.0 Å². The van der Waals surface area contributed by atoms with Crippen LogP contribution in [0.15, 0.2) is 24.3 Å². The maximum Gasteiger partial charge on any atom is 0.244 e. The van der Waals surface area contributed by atoms with Crippen molar-refractivity contribution in [1.29, 1.82) is 0 Å². The highest BCUT2D eigenvalue weighted by molar-refractivity contribution is 6.26. The molecule has 0 aromatic heterocycles. The largest absolute Gasteiger partial charge is 0.378 e. The van der Waals surface area contributed by atoms with Crippen molar-refractivity contribution in [3.8, 4) is 0 Å². The van der Waals surface area contributed by atoms with E-state index in [0.29, 0.717) is 25.3 Å². The first kappa shape index (κ1) is 18.4. The van der Waals surface area contributed by atoms with E-state index >= 15 is 0 Å². The summed E-state index contributed by atoms with van der Waals surface area (Å²) in [6.45, 7) is 7.02. The molecule has 0 spiro atoms. The SMILES string of the molecule is CC(C)CC1NC(=O)C(C(=O)Nc2ccc(N3CCOCC3)cc2)C1=O. The maximum absolute atomic E-state index is 12.4. The lowest BCUT2D eigenvalue weighted by Crippen LogP contribution is -2.36. The molecule has 3 rings (SSSR count). The molecule has 2 aliphatic rings. The second kappa shape index (κ2) is 7.86. The molecule has 7 heteroatoms. The van der Waals surface area contributed by atoms with Crippen LogP contribution in [-0.4, -0.2) is 49.9 Å². The van der Waals surface area contributed by atoms with Crippen LogP contribution in [0.5, 0.6) is 0 Å². The third-order valence-corrected chi connectivity index (χ3v) is 4.69. The molecule has 2 heterocycles. The number of nitrogens with one attached hydrogen (secondary N) is 2. The Balaban J connectivity index is 1.62. The van der Waals surface area contributed by atoms with Crippen molar-refractivity contribution in [1.82, 2.24) is 5.32 Å². The second-order valence-corrected chi connectivity index (χ2v) is 7.16. The Morgan fingerprint density at radius 3 is 2.50 bits per heavy atom. The number of rotatable bonds is 5. The zero-order valence-corrected chi connectivity index (χ0v) is 15.2. The van der Waals surface area contributed by atoms with Gasteiger partial charge in [-0.3, -0.25) is 14.4 Å². The van der Waals surface area contributed by atoms with E-state index in [0.717, 1.165) is 18.8 Å². The van der Waals surface area contributed by atoms with Gasteiger partial charge in [0, 0.05) is 24.5 Å². The van der Waals surface area contributed by atoms with E-state index in [1.165, 1.54) is 0 Å². The molecule has 7 nitrogen and oxygen atoms in total. The molecule has 0 aliphatic carbocycles. The fourth-order valence-corrected chi connectivity index (χ4v) is 3.34. The number of anilines is 2. The van der Waals surface area contributed by atoms with Gasteiger partial charge in [0.15, 0.2) is 11.7 Å². The molecule has 2 atom stereocenters. The number of hydrogen-bond donors (Lipinski definition) is 2. The van der Waals surface area contributed by atoms with Crippen LogP contribution in [0.25, 0.3) is 0 Å². The number of benzene rings is 1. The number of nitrogens with zero attached hydrogens (tertiary/aromatic N) is 1. The van der Waals surface area contributed by atoms with E-state index < -0.39 is 23.8 Å². The molecule has 1 aromatic rings. The topological polar surface area (TPSA) is 87.7 Å². The van der Waals surface area contributed by atoms with Crippen LogP contribution in [0, 0.1) is 11.8 Å². The summed E-state index contributed by atoms with van der Waals surface area (Å²) in [6, 6.07) is 6.83. The van der Waals surface area contributed by atoms with Crippen LogP contribution >= 0.6 is 0 Å². The Hall–Kier alpha value is -2.41. The molecule has 0 bridgehead atoms. The van der Waals surface area contributed by atoms with Gasteiger partial charge in [-0.1, -0.05) is 13.8 Å². The van der Waals surface area contributed by atoms with Crippen molar-refractivity contribution in [2.24, 2.45) is 11.8 Å². The second-order valence-electron chi connectivity index (χ2n) is 7.16. The monoisotopic (exact) mass is 359 g/mol. The van der Waals surface area contributed by atoms with Gasteiger partial charge in [0.05, 0.1) is 19.3 Å². The average molecular weight is 359 g/mol. The molecule has 26 heavy (non-hydrogen) atoms. The molecule has 140 valence electrons. The van der Waals surface area contributed by atoms with Gasteiger partial charge in [-0.05, 0) is 36.6 Å². The molecule has 2 N–H and O–H groups in total. The lowest BCUT2D eigenvalue weighted by atomic mass is 9.96. The Bertz CT molecular complexity index is 681. The van der Waals surface area contributed by atoms with Gasteiger partial charge in [-0.25, -0.2) is 0 Å².